The van der Waals surface area contributed by atoms with Crippen LogP contribution in [-0.4, -0.2) is 24.9 Å². The summed E-state index contributed by atoms with van der Waals surface area (Å²) in [6, 6.07) is 15.9. The van der Waals surface area contributed by atoms with Gasteiger partial charge in [0.2, 0.25) is 5.91 Å². The van der Waals surface area contributed by atoms with E-state index in [-0.39, 0.29) is 11.9 Å². The lowest BCUT2D eigenvalue weighted by molar-refractivity contribution is -0.121. The van der Waals surface area contributed by atoms with Gasteiger partial charge in [-0.25, -0.2) is 0 Å². The van der Waals surface area contributed by atoms with Crippen LogP contribution < -0.4 is 14.8 Å². The van der Waals surface area contributed by atoms with Crippen LogP contribution in [0.25, 0.3) is 0 Å². The van der Waals surface area contributed by atoms with E-state index < -0.39 is 0 Å². The quantitative estimate of drug-likeness (QED) is 0.787. The Labute approximate surface area is 152 Å². The average Bonchev–Trinajstić information content (AvgIpc) is 2.87. The van der Waals surface area contributed by atoms with Crippen LogP contribution in [0.4, 0.5) is 0 Å². The number of benzene rings is 2. The highest BCUT2D eigenvalue weighted by Gasteiger charge is 2.15. The first-order valence-corrected chi connectivity index (χ1v) is 9.58. The summed E-state index contributed by atoms with van der Waals surface area (Å²) in [5.41, 5.74) is 1.02. The molecule has 2 aromatic carbocycles. The zero-order chi connectivity index (χ0) is 17.5. The molecule has 132 valence electrons. The van der Waals surface area contributed by atoms with Gasteiger partial charge in [0.25, 0.3) is 0 Å². The number of ether oxygens (including phenoxy) is 2. The zero-order valence-corrected chi connectivity index (χ0v) is 15.2. The Morgan fingerprint density at radius 2 is 1.88 bits per heavy atom. The van der Waals surface area contributed by atoms with Crippen LogP contribution in [0.2, 0.25) is 0 Å². The van der Waals surface area contributed by atoms with E-state index in [2.05, 4.69) is 17.4 Å². The number of hydrogen-bond donors (Lipinski definition) is 1. The molecule has 1 atom stereocenters. The molecule has 0 aliphatic carbocycles. The minimum absolute atomic E-state index is 0.0584. The molecule has 0 aromatic heterocycles. The summed E-state index contributed by atoms with van der Waals surface area (Å²) in [5, 5.41) is 3.06. The largest absolute Gasteiger partial charge is 0.490 e. The van der Waals surface area contributed by atoms with Crippen LogP contribution in [0, 0.1) is 0 Å². The van der Waals surface area contributed by atoms with Gasteiger partial charge in [0.15, 0.2) is 11.5 Å². The van der Waals surface area contributed by atoms with Crippen molar-refractivity contribution in [3.05, 3.63) is 54.1 Å². The van der Waals surface area contributed by atoms with Gasteiger partial charge < -0.3 is 14.8 Å². The van der Waals surface area contributed by atoms with E-state index >= 15 is 0 Å². The lowest BCUT2D eigenvalue weighted by Gasteiger charge is -2.16. The van der Waals surface area contributed by atoms with Crippen molar-refractivity contribution < 1.29 is 14.3 Å². The molecule has 1 heterocycles. The second-order valence-electron chi connectivity index (χ2n) is 5.96. The topological polar surface area (TPSA) is 47.6 Å². The number of thioether (sulfide) groups is 1. The van der Waals surface area contributed by atoms with Gasteiger partial charge in [-0.05, 0) is 36.8 Å². The van der Waals surface area contributed by atoms with Crippen molar-refractivity contribution in [2.75, 3.05) is 19.0 Å². The summed E-state index contributed by atoms with van der Waals surface area (Å²) in [6.07, 6.45) is 1.38. The Hall–Kier alpha value is -2.14. The molecule has 2 aromatic rings. The van der Waals surface area contributed by atoms with Gasteiger partial charge >= 0.3 is 0 Å². The smallest absolute Gasteiger partial charge is 0.221 e. The molecule has 0 spiro atoms. The van der Waals surface area contributed by atoms with Crippen LogP contribution in [0.3, 0.4) is 0 Å². The van der Waals surface area contributed by atoms with Crippen molar-refractivity contribution in [3.63, 3.8) is 0 Å². The third-order valence-electron chi connectivity index (χ3n) is 3.99. The predicted octanol–water partition coefficient (Wildman–Crippen LogP) is 4.21. The molecule has 5 heteroatoms. The van der Waals surface area contributed by atoms with E-state index in [0.717, 1.165) is 29.2 Å². The van der Waals surface area contributed by atoms with E-state index in [1.165, 1.54) is 4.90 Å². The number of nitrogens with one attached hydrogen (secondary N) is 1. The molecule has 4 nitrogen and oxygen atoms in total. The first kappa shape index (κ1) is 17.7. The summed E-state index contributed by atoms with van der Waals surface area (Å²) in [7, 11) is 0. The molecule has 1 N–H and O–H groups in total. The summed E-state index contributed by atoms with van der Waals surface area (Å²) >= 11 is 1.70. The molecule has 0 fully saturated rings. The highest BCUT2D eigenvalue weighted by molar-refractivity contribution is 7.99. The van der Waals surface area contributed by atoms with Gasteiger partial charge in [0.05, 0.1) is 19.3 Å². The monoisotopic (exact) mass is 357 g/mol. The normalized spacial score (nSPS) is 14.4. The van der Waals surface area contributed by atoms with Crippen molar-refractivity contribution in [2.45, 2.75) is 30.7 Å². The van der Waals surface area contributed by atoms with Crippen LogP contribution in [0.1, 0.15) is 31.4 Å². The van der Waals surface area contributed by atoms with Gasteiger partial charge in [0.1, 0.15) is 0 Å². The van der Waals surface area contributed by atoms with Crippen molar-refractivity contribution in [1.82, 2.24) is 5.32 Å². The van der Waals surface area contributed by atoms with E-state index in [0.29, 0.717) is 19.6 Å². The molecule has 1 unspecified atom stereocenters. The van der Waals surface area contributed by atoms with Crippen LogP contribution in [0.5, 0.6) is 11.5 Å². The standard InChI is InChI=1S/C20H23NO3S/c1-15(16-8-9-18-19(14-16)24-12-5-11-23-18)21-20(22)10-13-25-17-6-3-2-4-7-17/h2-4,6-9,14-15H,5,10-13H2,1H3,(H,21,22). The summed E-state index contributed by atoms with van der Waals surface area (Å²) < 4.78 is 11.4. The van der Waals surface area contributed by atoms with Crippen molar-refractivity contribution in [1.29, 1.82) is 0 Å². The molecular weight excluding hydrogens is 334 g/mol. The fourth-order valence-corrected chi connectivity index (χ4v) is 3.50. The number of rotatable bonds is 6. The van der Waals surface area contributed by atoms with Crippen molar-refractivity contribution >= 4 is 17.7 Å². The van der Waals surface area contributed by atoms with Crippen LogP contribution in [-0.2, 0) is 4.79 Å². The molecule has 25 heavy (non-hydrogen) atoms. The fraction of sp³-hybridized carbons (Fsp3) is 0.350. The maximum absolute atomic E-state index is 12.2. The number of fused-ring (bicyclic) bond motifs is 1. The van der Waals surface area contributed by atoms with Gasteiger partial charge in [-0.3, -0.25) is 4.79 Å². The SMILES string of the molecule is CC(NC(=O)CCSc1ccccc1)c1ccc2c(c1)OCCCO2. The maximum atomic E-state index is 12.2. The Bertz CT molecular complexity index is 705. The van der Waals surface area contributed by atoms with Gasteiger partial charge in [-0.2, -0.15) is 0 Å². The molecule has 0 radical (unpaired) electrons. The molecule has 3 rings (SSSR count). The molecular formula is C20H23NO3S. The second kappa shape index (κ2) is 8.81. The van der Waals surface area contributed by atoms with E-state index in [1.54, 1.807) is 11.8 Å². The molecule has 1 aliphatic heterocycles. The van der Waals surface area contributed by atoms with E-state index in [1.807, 2.05) is 43.3 Å². The maximum Gasteiger partial charge on any atom is 0.221 e. The molecule has 0 bridgehead atoms. The van der Waals surface area contributed by atoms with E-state index in [4.69, 9.17) is 9.47 Å². The second-order valence-corrected chi connectivity index (χ2v) is 7.13. The van der Waals surface area contributed by atoms with Gasteiger partial charge in [0, 0.05) is 23.5 Å². The minimum Gasteiger partial charge on any atom is -0.490 e. The lowest BCUT2D eigenvalue weighted by Crippen LogP contribution is -2.26. The minimum atomic E-state index is -0.0635. The Kier molecular flexibility index (Phi) is 6.23. The first-order valence-electron chi connectivity index (χ1n) is 8.59. The fourth-order valence-electron chi connectivity index (χ4n) is 2.62. The van der Waals surface area contributed by atoms with Gasteiger partial charge in [-0.15, -0.1) is 11.8 Å². The summed E-state index contributed by atoms with van der Waals surface area (Å²) in [6.45, 7) is 3.33. The summed E-state index contributed by atoms with van der Waals surface area (Å²) in [5.74, 6) is 2.36. The number of carbonyl (C=O) groups is 1. The van der Waals surface area contributed by atoms with Gasteiger partial charge in [-0.1, -0.05) is 24.3 Å². The highest BCUT2D eigenvalue weighted by atomic mass is 32.2. The average molecular weight is 357 g/mol. The Morgan fingerprint density at radius 3 is 2.68 bits per heavy atom. The first-order chi connectivity index (χ1) is 12.2. The van der Waals surface area contributed by atoms with Crippen molar-refractivity contribution in [2.24, 2.45) is 0 Å². The highest BCUT2D eigenvalue weighted by Crippen LogP contribution is 2.32. The number of amides is 1. The third kappa shape index (κ3) is 5.16. The molecule has 0 saturated carbocycles. The third-order valence-corrected chi connectivity index (χ3v) is 5.00. The number of carbonyl (C=O) groups excluding carboxylic acids is 1. The molecule has 1 amide bonds. The van der Waals surface area contributed by atoms with Crippen LogP contribution in [0.15, 0.2) is 53.4 Å². The lowest BCUT2D eigenvalue weighted by atomic mass is 10.1. The molecule has 1 aliphatic rings. The Morgan fingerprint density at radius 1 is 1.12 bits per heavy atom. The van der Waals surface area contributed by atoms with Crippen molar-refractivity contribution in [3.8, 4) is 11.5 Å². The number of hydrogen-bond acceptors (Lipinski definition) is 4. The zero-order valence-electron chi connectivity index (χ0n) is 14.4. The van der Waals surface area contributed by atoms with Crippen LogP contribution >= 0.6 is 11.8 Å². The molecule has 0 saturated heterocycles. The van der Waals surface area contributed by atoms with E-state index in [9.17, 15) is 4.79 Å². The summed E-state index contributed by atoms with van der Waals surface area (Å²) in [4.78, 5) is 13.4. The Balaban J connectivity index is 1.50. The predicted molar refractivity (Wildman–Crippen MR) is 100 cm³/mol.